The minimum absolute atomic E-state index is 0.0887. The molecule has 36 heavy (non-hydrogen) atoms. The van der Waals surface area contributed by atoms with E-state index < -0.39 is 42.0 Å². The molecule has 0 bridgehead atoms. The molecule has 1 aromatic rings. The van der Waals surface area contributed by atoms with Crippen molar-refractivity contribution < 1.29 is 23.9 Å². The lowest BCUT2D eigenvalue weighted by Crippen LogP contribution is -2.54. The number of rotatable bonds is 12. The number of carbonyl (C=O) groups is 4. The second-order valence-corrected chi connectivity index (χ2v) is 10.3. The Balaban J connectivity index is 3.54. The molecule has 1 aromatic carbocycles. The number of alkyl carbamates (subject to hydrolysis) is 1. The number of benzene rings is 1. The van der Waals surface area contributed by atoms with Crippen LogP contribution in [0.2, 0.25) is 0 Å². The van der Waals surface area contributed by atoms with E-state index in [1.165, 1.54) is 4.90 Å². The molecule has 0 spiro atoms. The van der Waals surface area contributed by atoms with Gasteiger partial charge in [-0.15, -0.1) is 0 Å². The zero-order valence-electron chi connectivity index (χ0n) is 23.1. The lowest BCUT2D eigenvalue weighted by atomic mass is 9.93. The van der Waals surface area contributed by atoms with Crippen LogP contribution < -0.4 is 16.4 Å². The van der Waals surface area contributed by atoms with E-state index in [9.17, 15) is 19.2 Å². The number of nitrogens with zero attached hydrogens (tertiary/aromatic N) is 1. The molecule has 9 nitrogen and oxygen atoms in total. The van der Waals surface area contributed by atoms with Gasteiger partial charge in [-0.25, -0.2) is 4.79 Å². The molecule has 0 fully saturated rings. The Bertz CT molecular complexity index is 905. The highest BCUT2D eigenvalue weighted by Gasteiger charge is 2.38. The number of hydrogen-bond donors (Lipinski definition) is 3. The number of hydrogen-bond acceptors (Lipinski definition) is 5. The Labute approximate surface area is 215 Å². The van der Waals surface area contributed by atoms with Gasteiger partial charge in [0.25, 0.3) is 0 Å². The molecule has 0 heterocycles. The van der Waals surface area contributed by atoms with Crippen LogP contribution in [0.4, 0.5) is 4.79 Å². The summed E-state index contributed by atoms with van der Waals surface area (Å²) in [6.07, 6.45) is 0.973. The van der Waals surface area contributed by atoms with E-state index in [-0.39, 0.29) is 18.5 Å². The summed E-state index contributed by atoms with van der Waals surface area (Å²) in [4.78, 5) is 53.4. The average molecular weight is 505 g/mol. The minimum atomic E-state index is -1.28. The van der Waals surface area contributed by atoms with E-state index in [1.54, 1.807) is 20.8 Å². The molecular formula is C27H44N4O5. The maximum Gasteiger partial charge on any atom is 0.408 e. The third-order valence-corrected chi connectivity index (χ3v) is 5.63. The molecule has 3 atom stereocenters. The molecule has 0 radical (unpaired) electrons. The van der Waals surface area contributed by atoms with E-state index >= 15 is 0 Å². The highest BCUT2D eigenvalue weighted by Crippen LogP contribution is 2.29. The van der Waals surface area contributed by atoms with Crippen molar-refractivity contribution in [1.82, 2.24) is 15.5 Å². The Morgan fingerprint density at radius 1 is 1.03 bits per heavy atom. The summed E-state index contributed by atoms with van der Waals surface area (Å²) in [5, 5.41) is 5.54. The molecule has 0 saturated heterocycles. The largest absolute Gasteiger partial charge is 0.444 e. The van der Waals surface area contributed by atoms with E-state index in [0.717, 1.165) is 29.5 Å². The summed E-state index contributed by atoms with van der Waals surface area (Å²) in [6.45, 7) is 15.0. The normalized spacial score (nSPS) is 13.8. The topological polar surface area (TPSA) is 131 Å². The van der Waals surface area contributed by atoms with Gasteiger partial charge in [-0.3, -0.25) is 14.4 Å². The number of nitrogens with one attached hydrogen (secondary N) is 2. The van der Waals surface area contributed by atoms with E-state index in [1.807, 2.05) is 52.8 Å². The predicted molar refractivity (Wildman–Crippen MR) is 140 cm³/mol. The van der Waals surface area contributed by atoms with Gasteiger partial charge >= 0.3 is 6.09 Å². The zero-order chi connectivity index (χ0) is 27.6. The van der Waals surface area contributed by atoms with Gasteiger partial charge in [0.2, 0.25) is 17.7 Å². The molecule has 0 aliphatic carbocycles. The quantitative estimate of drug-likeness (QED) is 0.400. The van der Waals surface area contributed by atoms with Crippen LogP contribution >= 0.6 is 0 Å². The van der Waals surface area contributed by atoms with Gasteiger partial charge in [0.15, 0.2) is 0 Å². The zero-order valence-corrected chi connectivity index (χ0v) is 23.1. The van der Waals surface area contributed by atoms with Crippen molar-refractivity contribution in [3.8, 4) is 0 Å². The fraction of sp³-hybridized carbons (Fsp3) is 0.630. The molecule has 9 heteroatoms. The summed E-state index contributed by atoms with van der Waals surface area (Å²) in [6, 6.07) is 3.37. The molecule has 0 aromatic heterocycles. The number of ether oxygens (including phenoxy) is 1. The molecule has 0 saturated carbocycles. The van der Waals surface area contributed by atoms with Gasteiger partial charge in [-0.05, 0) is 71.1 Å². The molecular weight excluding hydrogens is 460 g/mol. The number of amides is 4. The fourth-order valence-corrected chi connectivity index (χ4v) is 4.17. The first-order valence-corrected chi connectivity index (χ1v) is 12.7. The monoisotopic (exact) mass is 504 g/mol. The van der Waals surface area contributed by atoms with Crippen LogP contribution in [0.15, 0.2) is 18.2 Å². The van der Waals surface area contributed by atoms with Gasteiger partial charge < -0.3 is 26.0 Å². The highest BCUT2D eigenvalue weighted by molar-refractivity contribution is 5.94. The lowest BCUT2D eigenvalue weighted by Gasteiger charge is -2.36. The summed E-state index contributed by atoms with van der Waals surface area (Å²) in [5.74, 6) is -1.65. The molecule has 0 aliphatic rings. The Morgan fingerprint density at radius 2 is 1.61 bits per heavy atom. The van der Waals surface area contributed by atoms with E-state index in [4.69, 9.17) is 10.5 Å². The fourth-order valence-electron chi connectivity index (χ4n) is 4.17. The summed E-state index contributed by atoms with van der Waals surface area (Å²) < 4.78 is 5.30. The Morgan fingerprint density at radius 3 is 2.08 bits per heavy atom. The second kappa shape index (κ2) is 13.8. The molecule has 202 valence electrons. The van der Waals surface area contributed by atoms with Gasteiger partial charge in [0, 0.05) is 12.6 Å². The maximum atomic E-state index is 13.9. The first-order valence-electron chi connectivity index (χ1n) is 12.7. The summed E-state index contributed by atoms with van der Waals surface area (Å²) in [5.41, 5.74) is 7.06. The van der Waals surface area contributed by atoms with Crippen LogP contribution in [-0.2, 0) is 19.1 Å². The van der Waals surface area contributed by atoms with Crippen LogP contribution in [0.25, 0.3) is 0 Å². The highest BCUT2D eigenvalue weighted by atomic mass is 16.6. The third-order valence-electron chi connectivity index (χ3n) is 5.63. The van der Waals surface area contributed by atoms with Gasteiger partial charge in [0.1, 0.15) is 17.7 Å². The van der Waals surface area contributed by atoms with E-state index in [2.05, 4.69) is 10.6 Å². The smallest absolute Gasteiger partial charge is 0.408 e. The third kappa shape index (κ3) is 9.51. The number of carbonyl (C=O) groups excluding carboxylic acids is 4. The Kier molecular flexibility index (Phi) is 11.9. The number of nitrogens with two attached hydrogens (primary N) is 1. The predicted octanol–water partition coefficient (Wildman–Crippen LogP) is 3.66. The van der Waals surface area contributed by atoms with Crippen molar-refractivity contribution in [1.29, 1.82) is 0 Å². The second-order valence-electron chi connectivity index (χ2n) is 10.3. The molecule has 3 unspecified atom stereocenters. The van der Waals surface area contributed by atoms with Crippen molar-refractivity contribution in [3.63, 3.8) is 0 Å². The first kappa shape index (κ1) is 30.9. The lowest BCUT2D eigenvalue weighted by molar-refractivity contribution is -0.143. The summed E-state index contributed by atoms with van der Waals surface area (Å²) in [7, 11) is 0. The van der Waals surface area contributed by atoms with Crippen molar-refractivity contribution >= 4 is 23.8 Å². The Hall–Kier alpha value is -3.10. The van der Waals surface area contributed by atoms with Crippen LogP contribution in [0, 0.1) is 13.8 Å². The van der Waals surface area contributed by atoms with Crippen molar-refractivity contribution in [2.75, 3.05) is 6.54 Å². The first-order chi connectivity index (χ1) is 16.7. The van der Waals surface area contributed by atoms with Crippen molar-refractivity contribution in [3.05, 3.63) is 34.9 Å². The molecule has 4 N–H and O–H groups in total. The van der Waals surface area contributed by atoms with E-state index in [0.29, 0.717) is 6.42 Å². The SMILES string of the molecule is CCCC(C)NC(=O)C(c1c(C)cccc1C)N(CCC)C(=O)C(CC(N)=O)NC(=O)OC(C)(C)C. The van der Waals surface area contributed by atoms with Crippen LogP contribution in [0.1, 0.15) is 90.0 Å². The van der Waals surface area contributed by atoms with Crippen molar-refractivity contribution in [2.24, 2.45) is 5.73 Å². The molecule has 1 rings (SSSR count). The maximum absolute atomic E-state index is 13.9. The summed E-state index contributed by atoms with van der Waals surface area (Å²) >= 11 is 0. The van der Waals surface area contributed by atoms with Gasteiger partial charge in [-0.1, -0.05) is 38.5 Å². The van der Waals surface area contributed by atoms with Crippen molar-refractivity contribution in [2.45, 2.75) is 105 Å². The molecule has 4 amide bonds. The number of primary amides is 1. The van der Waals surface area contributed by atoms with Gasteiger partial charge in [-0.2, -0.15) is 0 Å². The average Bonchev–Trinajstić information content (AvgIpc) is 2.72. The van der Waals surface area contributed by atoms with Crippen LogP contribution in [-0.4, -0.2) is 52.9 Å². The van der Waals surface area contributed by atoms with Gasteiger partial charge in [0.05, 0.1) is 6.42 Å². The molecule has 0 aliphatic heterocycles. The van der Waals surface area contributed by atoms with Crippen LogP contribution in [0.3, 0.4) is 0 Å². The van der Waals surface area contributed by atoms with Crippen LogP contribution in [0.5, 0.6) is 0 Å². The number of aryl methyl sites for hydroxylation is 2. The standard InChI is InChI=1S/C27H44N4O5/c1-9-12-19(5)29-24(33)23(22-17(3)13-11-14-18(22)4)31(15-10-2)25(34)20(16-21(28)32)30-26(35)36-27(6,7)8/h11,13-14,19-20,23H,9-10,12,15-16H2,1-8H3,(H2,28,32)(H,29,33)(H,30,35). The minimum Gasteiger partial charge on any atom is -0.444 e.